The molecule has 3 rings (SSSR count). The second kappa shape index (κ2) is 7.84. The lowest BCUT2D eigenvalue weighted by molar-refractivity contribution is -0.141. The van der Waals surface area contributed by atoms with Crippen LogP contribution in [0.2, 0.25) is 5.02 Å². The number of carboxylic acids is 1. The first-order valence-electron chi connectivity index (χ1n) is 8.71. The van der Waals surface area contributed by atoms with Crippen molar-refractivity contribution >= 4 is 23.3 Å². The predicted molar refractivity (Wildman–Crippen MR) is 100 cm³/mol. The second-order valence-electron chi connectivity index (χ2n) is 7.09. The molecule has 13 heteroatoms. The minimum atomic E-state index is -4.97. The molecule has 0 saturated carbocycles. The molecule has 0 bridgehead atoms. The van der Waals surface area contributed by atoms with E-state index in [0.29, 0.717) is 0 Å². The van der Waals surface area contributed by atoms with Crippen molar-refractivity contribution in [3.05, 3.63) is 61.1 Å². The van der Waals surface area contributed by atoms with E-state index in [9.17, 15) is 31.9 Å². The first-order valence-corrected chi connectivity index (χ1v) is 9.09. The lowest BCUT2D eigenvalue weighted by Gasteiger charge is -2.20. The molecule has 0 amide bonds. The molecule has 1 aromatic heterocycles. The van der Waals surface area contributed by atoms with Crippen molar-refractivity contribution in [3.8, 4) is 5.69 Å². The van der Waals surface area contributed by atoms with Crippen LogP contribution in [0.5, 0.6) is 0 Å². The topological polar surface area (TPSA) is 114 Å². The van der Waals surface area contributed by atoms with Crippen molar-refractivity contribution in [2.24, 2.45) is 5.16 Å². The number of oxime groups is 1. The van der Waals surface area contributed by atoms with Crippen molar-refractivity contribution < 1.29 is 32.3 Å². The van der Waals surface area contributed by atoms with Gasteiger partial charge in [-0.3, -0.25) is 9.59 Å². The summed E-state index contributed by atoms with van der Waals surface area (Å²) in [6.07, 6.45) is -4.97. The van der Waals surface area contributed by atoms with Gasteiger partial charge in [-0.25, -0.2) is 13.8 Å². The molecule has 2 N–H and O–H groups in total. The van der Waals surface area contributed by atoms with Gasteiger partial charge in [0.2, 0.25) is 0 Å². The number of hydrogen-bond acceptors (Lipinski definition) is 5. The molecule has 1 unspecified atom stereocenters. The molecular formula is C18H14ClF4N3O5. The van der Waals surface area contributed by atoms with Gasteiger partial charge in [-0.2, -0.15) is 13.2 Å². The minimum absolute atomic E-state index is 0.0725. The average Bonchev–Trinajstić information content (AvgIpc) is 3.03. The molecule has 2 aromatic rings. The standard InChI is InChI=1S/C18H14ClF4N3O5/c1-17(3-2-15(28)29)7-11(25-31-17)8-4-12(10(20)5-9(8)19)26-14(27)6-13(18(21,22)23)24-16(26)30/h4-6H,2-3,7H2,1H3,(H,24,30)(H,28,29). The molecule has 1 aliphatic rings. The molecule has 1 atom stereocenters. The van der Waals surface area contributed by atoms with Crippen molar-refractivity contribution in [1.29, 1.82) is 0 Å². The third kappa shape index (κ3) is 4.63. The van der Waals surface area contributed by atoms with Crippen LogP contribution in [0, 0.1) is 5.82 Å². The Morgan fingerprint density at radius 2 is 2.03 bits per heavy atom. The summed E-state index contributed by atoms with van der Waals surface area (Å²) >= 11 is 6.06. The molecule has 0 spiro atoms. The van der Waals surface area contributed by atoms with E-state index in [0.717, 1.165) is 12.1 Å². The Morgan fingerprint density at radius 3 is 2.61 bits per heavy atom. The number of halogens is 5. The van der Waals surface area contributed by atoms with Crippen LogP contribution < -0.4 is 11.2 Å². The number of aliphatic carboxylic acids is 1. The van der Waals surface area contributed by atoms with Gasteiger partial charge >= 0.3 is 17.8 Å². The first-order chi connectivity index (χ1) is 14.3. The quantitative estimate of drug-likeness (QED) is 0.661. The number of aromatic nitrogens is 2. The number of rotatable bonds is 5. The molecule has 0 fully saturated rings. The summed E-state index contributed by atoms with van der Waals surface area (Å²) in [5.74, 6) is -2.17. The molecule has 166 valence electrons. The third-order valence-electron chi connectivity index (χ3n) is 4.61. The van der Waals surface area contributed by atoms with Crippen molar-refractivity contribution in [1.82, 2.24) is 9.55 Å². The summed E-state index contributed by atoms with van der Waals surface area (Å²) in [4.78, 5) is 41.9. The van der Waals surface area contributed by atoms with Crippen LogP contribution in [0.4, 0.5) is 17.6 Å². The van der Waals surface area contributed by atoms with E-state index in [1.807, 2.05) is 0 Å². The van der Waals surface area contributed by atoms with E-state index in [1.54, 1.807) is 6.92 Å². The van der Waals surface area contributed by atoms with Crippen LogP contribution in [-0.2, 0) is 15.8 Å². The number of aromatic amines is 1. The Hall–Kier alpha value is -3.15. The third-order valence-corrected chi connectivity index (χ3v) is 4.92. The Bertz CT molecular complexity index is 1170. The van der Waals surface area contributed by atoms with Gasteiger partial charge < -0.3 is 14.9 Å². The van der Waals surface area contributed by atoms with E-state index < -0.39 is 46.2 Å². The first kappa shape index (κ1) is 22.5. The molecule has 0 aliphatic carbocycles. The maximum Gasteiger partial charge on any atom is 0.431 e. The summed E-state index contributed by atoms with van der Waals surface area (Å²) < 4.78 is 53.1. The molecule has 1 aromatic carbocycles. The number of carboxylic acid groups (broad SMARTS) is 1. The van der Waals surface area contributed by atoms with Crippen molar-refractivity contribution in [3.63, 3.8) is 0 Å². The highest BCUT2D eigenvalue weighted by Gasteiger charge is 2.36. The van der Waals surface area contributed by atoms with Crippen LogP contribution in [0.1, 0.15) is 37.4 Å². The van der Waals surface area contributed by atoms with Gasteiger partial charge in [0.1, 0.15) is 17.1 Å². The molecule has 31 heavy (non-hydrogen) atoms. The monoisotopic (exact) mass is 463 g/mol. The number of alkyl halides is 3. The van der Waals surface area contributed by atoms with Crippen molar-refractivity contribution in [2.45, 2.75) is 38.0 Å². The minimum Gasteiger partial charge on any atom is -0.481 e. The Morgan fingerprint density at radius 1 is 1.35 bits per heavy atom. The van der Waals surface area contributed by atoms with Crippen LogP contribution >= 0.6 is 11.6 Å². The zero-order valence-electron chi connectivity index (χ0n) is 15.7. The Balaban J connectivity index is 2.04. The average molecular weight is 464 g/mol. The maximum absolute atomic E-state index is 14.5. The van der Waals surface area contributed by atoms with Gasteiger partial charge in [-0.05, 0) is 19.1 Å². The highest BCUT2D eigenvalue weighted by atomic mass is 35.5. The van der Waals surface area contributed by atoms with Gasteiger partial charge in [0.15, 0.2) is 0 Å². The summed E-state index contributed by atoms with van der Waals surface area (Å²) in [5.41, 5.74) is -5.83. The Labute approximate surface area is 175 Å². The molecule has 2 heterocycles. The fourth-order valence-electron chi connectivity index (χ4n) is 3.04. The van der Waals surface area contributed by atoms with E-state index in [-0.39, 0.29) is 46.2 Å². The van der Waals surface area contributed by atoms with Crippen LogP contribution in [0.3, 0.4) is 0 Å². The summed E-state index contributed by atoms with van der Waals surface area (Å²) in [6.45, 7) is 1.61. The predicted octanol–water partition coefficient (Wildman–Crippen LogP) is 3.09. The fraction of sp³-hybridized carbons (Fsp3) is 0.333. The highest BCUT2D eigenvalue weighted by Crippen LogP contribution is 2.34. The fourth-order valence-corrected chi connectivity index (χ4v) is 3.30. The number of nitrogens with zero attached hydrogens (tertiary/aromatic N) is 2. The number of benzene rings is 1. The highest BCUT2D eigenvalue weighted by molar-refractivity contribution is 6.34. The van der Waals surface area contributed by atoms with E-state index in [1.165, 1.54) is 4.98 Å². The lowest BCUT2D eigenvalue weighted by atomic mass is 9.91. The SMILES string of the molecule is CC1(CCC(=O)O)CC(c2cc(-n3c(=O)cc(C(F)(F)F)[nH]c3=O)c(F)cc2Cl)=NO1. The largest absolute Gasteiger partial charge is 0.481 e. The molecule has 0 saturated heterocycles. The summed E-state index contributed by atoms with van der Waals surface area (Å²) in [5, 5.41) is 12.5. The summed E-state index contributed by atoms with van der Waals surface area (Å²) in [6, 6.07) is 1.91. The van der Waals surface area contributed by atoms with Gasteiger partial charge in [0.05, 0.1) is 16.4 Å². The van der Waals surface area contributed by atoms with Gasteiger partial charge in [-0.1, -0.05) is 16.8 Å². The molecule has 8 nitrogen and oxygen atoms in total. The van der Waals surface area contributed by atoms with Crippen LogP contribution in [0.25, 0.3) is 5.69 Å². The van der Waals surface area contributed by atoms with Crippen LogP contribution in [-0.4, -0.2) is 31.9 Å². The van der Waals surface area contributed by atoms with E-state index in [2.05, 4.69) is 5.16 Å². The second-order valence-corrected chi connectivity index (χ2v) is 7.50. The number of H-pyrrole nitrogens is 1. The molecule has 1 aliphatic heterocycles. The van der Waals surface area contributed by atoms with Gasteiger partial charge in [0, 0.05) is 30.9 Å². The normalized spacial score (nSPS) is 18.6. The smallest absolute Gasteiger partial charge is 0.431 e. The number of nitrogens with one attached hydrogen (secondary N) is 1. The zero-order chi connectivity index (χ0) is 23.1. The lowest BCUT2D eigenvalue weighted by Crippen LogP contribution is -2.36. The number of hydrogen-bond donors (Lipinski definition) is 2. The molecule has 0 radical (unpaired) electrons. The zero-order valence-corrected chi connectivity index (χ0v) is 16.5. The van der Waals surface area contributed by atoms with Crippen LogP contribution in [0.15, 0.2) is 32.9 Å². The van der Waals surface area contributed by atoms with E-state index >= 15 is 0 Å². The number of carbonyl (C=O) groups is 1. The molecular weight excluding hydrogens is 450 g/mol. The maximum atomic E-state index is 14.5. The Kier molecular flexibility index (Phi) is 5.70. The van der Waals surface area contributed by atoms with Crippen molar-refractivity contribution in [2.75, 3.05) is 0 Å². The van der Waals surface area contributed by atoms with E-state index in [4.69, 9.17) is 21.5 Å². The van der Waals surface area contributed by atoms with Gasteiger partial charge in [0.25, 0.3) is 5.56 Å². The van der Waals surface area contributed by atoms with Gasteiger partial charge in [-0.15, -0.1) is 0 Å². The summed E-state index contributed by atoms with van der Waals surface area (Å²) in [7, 11) is 0.